The van der Waals surface area contributed by atoms with Gasteiger partial charge in [-0.05, 0) is 37.1 Å². The third kappa shape index (κ3) is 3.68. The first kappa shape index (κ1) is 19.1. The minimum atomic E-state index is -1.18. The molecule has 1 radical (unpaired) electrons. The predicted molar refractivity (Wildman–Crippen MR) is 87.8 cm³/mol. The van der Waals surface area contributed by atoms with Gasteiger partial charge in [-0.15, -0.1) is 0 Å². The Labute approximate surface area is 153 Å². The molecule has 1 aromatic carbocycles. The van der Waals surface area contributed by atoms with Crippen molar-refractivity contribution in [2.45, 2.75) is 31.8 Å². The van der Waals surface area contributed by atoms with E-state index in [1.165, 1.54) is 0 Å². The van der Waals surface area contributed by atoms with E-state index in [4.69, 9.17) is 4.74 Å². The van der Waals surface area contributed by atoms with Gasteiger partial charge in [0.2, 0.25) is 0 Å². The monoisotopic (exact) mass is 383 g/mol. The first-order valence-electron chi connectivity index (χ1n) is 6.99. The zero-order valence-electron chi connectivity index (χ0n) is 13.9. The van der Waals surface area contributed by atoms with Crippen molar-refractivity contribution in [2.75, 3.05) is 32.4 Å². The number of hydrogen-bond acceptors (Lipinski definition) is 2. The minimum absolute atomic E-state index is 0. The number of carbonyl (C=O) groups is 1. The van der Waals surface area contributed by atoms with Crippen molar-refractivity contribution < 1.29 is 42.2 Å². The van der Waals surface area contributed by atoms with Gasteiger partial charge in [0.1, 0.15) is 5.75 Å². The normalized spacial score (nSPS) is 15.9. The fourth-order valence-electron chi connectivity index (χ4n) is 2.79. The smallest absolute Gasteiger partial charge is 0.268 e. The number of hydrogen-bond donors (Lipinski definition) is 1. The van der Waals surface area contributed by atoms with E-state index in [0.29, 0.717) is 0 Å². The summed E-state index contributed by atoms with van der Waals surface area (Å²) in [5, 5.41) is 3.08. The summed E-state index contributed by atoms with van der Waals surface area (Å²) in [5.74, 6) is 1.04. The fraction of sp³-hybridized carbons (Fsp3) is 0.562. The van der Waals surface area contributed by atoms with Gasteiger partial charge in [-0.25, -0.2) is 0 Å². The maximum absolute atomic E-state index is 12.7. The van der Waals surface area contributed by atoms with Gasteiger partial charge in [0.25, 0.3) is 5.91 Å². The van der Waals surface area contributed by atoms with Crippen LogP contribution in [0.2, 0.25) is 0 Å². The molecule has 0 heterocycles. The van der Waals surface area contributed by atoms with Crippen LogP contribution >= 0.6 is 7.26 Å². The first-order chi connectivity index (χ1) is 9.21. The maximum atomic E-state index is 12.7. The molecule has 1 aromatic rings. The number of benzene rings is 1. The molecule has 0 spiro atoms. The molecular weight excluding hydrogens is 358 g/mol. The fourth-order valence-corrected chi connectivity index (χ4v) is 4.91. The Morgan fingerprint density at radius 2 is 1.67 bits per heavy atom. The number of rotatable bonds is 4. The summed E-state index contributed by atoms with van der Waals surface area (Å²) in [6.45, 7) is 10.8. The molecule has 1 amide bonds. The van der Waals surface area contributed by atoms with E-state index in [1.807, 2.05) is 26.0 Å². The van der Waals surface area contributed by atoms with Crippen molar-refractivity contribution in [3.63, 3.8) is 0 Å². The quantitative estimate of drug-likeness (QED) is 0.806. The largest absolute Gasteiger partial charge is 0.497 e. The second-order valence-electron chi connectivity index (χ2n) is 6.63. The van der Waals surface area contributed by atoms with Crippen molar-refractivity contribution in [1.82, 2.24) is 0 Å². The van der Waals surface area contributed by atoms with Crippen molar-refractivity contribution >= 4 is 18.9 Å². The maximum Gasteiger partial charge on any atom is 0.268 e. The third-order valence-electron chi connectivity index (χ3n) is 4.41. The zero-order chi connectivity index (χ0) is 15.1. The number of aryl methyl sites for hydroxylation is 2. The van der Waals surface area contributed by atoms with E-state index in [0.717, 1.165) is 35.4 Å². The van der Waals surface area contributed by atoms with Gasteiger partial charge in [-0.3, -0.25) is 4.79 Å². The molecule has 0 saturated heterocycles. The van der Waals surface area contributed by atoms with Crippen LogP contribution in [0.1, 0.15) is 24.0 Å². The first-order valence-corrected chi connectivity index (χ1v) is 10.1. The number of ether oxygens (including phenoxy) is 1. The molecule has 113 valence electrons. The summed E-state index contributed by atoms with van der Waals surface area (Å²) < 4.78 is 5.26. The van der Waals surface area contributed by atoms with Crippen LogP contribution in [0.5, 0.6) is 5.75 Å². The molecule has 0 atom stereocenters. The summed E-state index contributed by atoms with van der Waals surface area (Å²) in [6, 6.07) is 3.93. The Bertz CT molecular complexity index is 525. The summed E-state index contributed by atoms with van der Waals surface area (Å²) in [5.41, 5.74) is 3.05. The van der Waals surface area contributed by atoms with Crippen LogP contribution in [0, 0.1) is 13.8 Å². The molecule has 1 aliphatic carbocycles. The minimum Gasteiger partial charge on any atom is -0.497 e. The second-order valence-corrected chi connectivity index (χ2v) is 11.5. The zero-order valence-corrected chi connectivity index (χ0v) is 17.6. The van der Waals surface area contributed by atoms with Gasteiger partial charge in [-0.2, -0.15) is 0 Å². The second kappa shape index (κ2) is 6.64. The van der Waals surface area contributed by atoms with Gasteiger partial charge < -0.3 is 10.1 Å². The van der Waals surface area contributed by atoms with Crippen LogP contribution in [0.3, 0.4) is 0 Å². The van der Waals surface area contributed by atoms with Crippen molar-refractivity contribution in [3.8, 4) is 5.75 Å². The van der Waals surface area contributed by atoms with E-state index in [1.54, 1.807) is 7.11 Å². The van der Waals surface area contributed by atoms with E-state index in [9.17, 15) is 4.79 Å². The molecule has 0 unspecified atom stereocenters. The molecule has 21 heavy (non-hydrogen) atoms. The van der Waals surface area contributed by atoms with Gasteiger partial charge in [0.15, 0.2) is 5.16 Å². The predicted octanol–water partition coefficient (Wildman–Crippen LogP) is 3.69. The SMILES string of the molecule is COc1cc(C)c(NC(=O)C2([P+](C)(C)C)CC2)c(C)c1.[Y]. The van der Waals surface area contributed by atoms with E-state index in [2.05, 4.69) is 25.3 Å². The molecule has 0 aliphatic heterocycles. The number of carbonyl (C=O) groups excluding carboxylic acids is 1. The molecule has 5 heteroatoms. The average molecular weight is 383 g/mol. The molecule has 0 bridgehead atoms. The Morgan fingerprint density at radius 3 is 2.00 bits per heavy atom. The molecule has 3 nitrogen and oxygen atoms in total. The van der Waals surface area contributed by atoms with E-state index < -0.39 is 7.26 Å². The van der Waals surface area contributed by atoms with Gasteiger partial charge in [0, 0.05) is 78.5 Å². The Hall–Kier alpha value is 0.0239. The van der Waals surface area contributed by atoms with Crippen LogP contribution in [0.15, 0.2) is 12.1 Å². The molecular formula is C16H25NO2PY+. The van der Waals surface area contributed by atoms with Gasteiger partial charge in [-0.1, -0.05) is 0 Å². The Balaban J connectivity index is 0.00000220. The topological polar surface area (TPSA) is 38.3 Å². The van der Waals surface area contributed by atoms with Gasteiger partial charge >= 0.3 is 0 Å². The van der Waals surface area contributed by atoms with Crippen molar-refractivity contribution in [3.05, 3.63) is 23.3 Å². The summed E-state index contributed by atoms with van der Waals surface area (Å²) >= 11 is 0. The summed E-state index contributed by atoms with van der Waals surface area (Å²) in [7, 11) is 0.480. The molecule has 1 aliphatic rings. The molecule has 1 N–H and O–H groups in total. The number of amides is 1. The number of anilines is 1. The molecule has 0 aromatic heterocycles. The van der Waals surface area contributed by atoms with Crippen molar-refractivity contribution in [1.29, 1.82) is 0 Å². The summed E-state index contributed by atoms with van der Waals surface area (Å²) in [4.78, 5) is 12.7. The average Bonchev–Trinajstić information content (AvgIpc) is 3.13. The Kier molecular flexibility index (Phi) is 6.03. The molecule has 2 rings (SSSR count). The molecule has 1 saturated carbocycles. The number of nitrogens with one attached hydrogen (secondary N) is 1. The number of methoxy groups -OCH3 is 1. The van der Waals surface area contributed by atoms with Gasteiger partial charge in [0.05, 0.1) is 7.11 Å². The van der Waals surface area contributed by atoms with Crippen LogP contribution in [0.25, 0.3) is 0 Å². The van der Waals surface area contributed by atoms with E-state index >= 15 is 0 Å². The Morgan fingerprint density at radius 1 is 1.19 bits per heavy atom. The van der Waals surface area contributed by atoms with Crippen LogP contribution in [-0.4, -0.2) is 38.2 Å². The van der Waals surface area contributed by atoms with Crippen LogP contribution < -0.4 is 10.1 Å². The standard InChI is InChI=1S/C16H24NO2P.Y/c1-11-9-13(19-3)10-12(2)14(11)17-15(18)16(7-8-16)20(4,5)6;/h9-10H,7-8H2,1-6H3;/p+1. The van der Waals surface area contributed by atoms with E-state index in [-0.39, 0.29) is 43.8 Å². The van der Waals surface area contributed by atoms with Crippen LogP contribution in [-0.2, 0) is 37.5 Å². The van der Waals surface area contributed by atoms with Crippen molar-refractivity contribution in [2.24, 2.45) is 0 Å². The third-order valence-corrected chi connectivity index (χ3v) is 7.63. The van der Waals surface area contributed by atoms with Crippen LogP contribution in [0.4, 0.5) is 5.69 Å². The summed E-state index contributed by atoms with van der Waals surface area (Å²) in [6.07, 6.45) is 2.06. The molecule has 1 fully saturated rings.